The number of carbonyl (C=O) groups excluding carboxylic acids is 1. The van der Waals surface area contributed by atoms with Gasteiger partial charge in [-0.3, -0.25) is 4.79 Å². The van der Waals surface area contributed by atoms with E-state index in [9.17, 15) is 4.79 Å². The maximum absolute atomic E-state index is 11.2. The zero-order valence-electron chi connectivity index (χ0n) is 12.3. The van der Waals surface area contributed by atoms with Crippen molar-refractivity contribution in [1.82, 2.24) is 10.6 Å². The summed E-state index contributed by atoms with van der Waals surface area (Å²) in [6, 6.07) is 5.97. The lowest BCUT2D eigenvalue weighted by atomic mass is 10.2. The fourth-order valence-electron chi connectivity index (χ4n) is 1.72. The molecular weight excluding hydrogens is 320 g/mol. The molecule has 0 radical (unpaired) electrons. The van der Waals surface area contributed by atoms with Gasteiger partial charge in [-0.25, -0.2) is 0 Å². The number of benzene rings is 1. The van der Waals surface area contributed by atoms with E-state index >= 15 is 0 Å². The number of ether oxygens (including phenoxy) is 1. The molecule has 1 rings (SSSR count). The Kier molecular flexibility index (Phi) is 7.62. The minimum atomic E-state index is -0.0171. The van der Waals surface area contributed by atoms with E-state index in [1.54, 1.807) is 7.05 Å². The van der Waals surface area contributed by atoms with Crippen LogP contribution in [0.25, 0.3) is 0 Å². The van der Waals surface area contributed by atoms with Crippen molar-refractivity contribution in [2.24, 2.45) is 5.92 Å². The smallest absolute Gasteiger partial charge is 0.223 e. The van der Waals surface area contributed by atoms with E-state index in [0.29, 0.717) is 18.9 Å². The van der Waals surface area contributed by atoms with Gasteiger partial charge in [-0.15, -0.1) is 0 Å². The molecule has 0 heterocycles. The first-order valence-corrected chi connectivity index (χ1v) is 7.65. The van der Waals surface area contributed by atoms with Crippen LogP contribution in [-0.4, -0.2) is 26.1 Å². The van der Waals surface area contributed by atoms with Crippen molar-refractivity contribution in [3.63, 3.8) is 0 Å². The SMILES string of the molecule is CNC(=O)CCOc1c(Br)cccc1CNCC(C)C. The zero-order valence-corrected chi connectivity index (χ0v) is 13.9. The van der Waals surface area contributed by atoms with Gasteiger partial charge in [-0.2, -0.15) is 0 Å². The van der Waals surface area contributed by atoms with Gasteiger partial charge in [0.05, 0.1) is 17.5 Å². The highest BCUT2D eigenvalue weighted by atomic mass is 79.9. The Morgan fingerprint density at radius 1 is 1.40 bits per heavy atom. The van der Waals surface area contributed by atoms with Crippen LogP contribution in [0.4, 0.5) is 0 Å². The minimum Gasteiger partial charge on any atom is -0.492 e. The molecule has 0 aromatic heterocycles. The second kappa shape index (κ2) is 8.97. The maximum Gasteiger partial charge on any atom is 0.223 e. The second-order valence-corrected chi connectivity index (χ2v) is 5.88. The van der Waals surface area contributed by atoms with Gasteiger partial charge >= 0.3 is 0 Å². The normalized spacial score (nSPS) is 10.7. The van der Waals surface area contributed by atoms with E-state index in [0.717, 1.165) is 28.9 Å². The summed E-state index contributed by atoms with van der Waals surface area (Å²) in [6.45, 7) is 6.44. The number of rotatable bonds is 8. The molecule has 1 aromatic carbocycles. The van der Waals surface area contributed by atoms with Crippen LogP contribution in [0.1, 0.15) is 25.8 Å². The Bertz CT molecular complexity index is 436. The van der Waals surface area contributed by atoms with Crippen LogP contribution in [0.15, 0.2) is 22.7 Å². The van der Waals surface area contributed by atoms with E-state index in [4.69, 9.17) is 4.74 Å². The summed E-state index contributed by atoms with van der Waals surface area (Å²) in [5.74, 6) is 1.41. The molecule has 0 aliphatic heterocycles. The molecule has 4 nitrogen and oxygen atoms in total. The molecule has 1 aromatic rings. The molecule has 112 valence electrons. The molecule has 0 fully saturated rings. The highest BCUT2D eigenvalue weighted by Crippen LogP contribution is 2.29. The third-order valence-corrected chi connectivity index (χ3v) is 3.40. The van der Waals surface area contributed by atoms with Gasteiger partial charge in [0.15, 0.2) is 0 Å². The van der Waals surface area contributed by atoms with Crippen LogP contribution >= 0.6 is 15.9 Å². The van der Waals surface area contributed by atoms with E-state index in [1.807, 2.05) is 18.2 Å². The van der Waals surface area contributed by atoms with Gasteiger partial charge in [0, 0.05) is 19.2 Å². The van der Waals surface area contributed by atoms with Crippen molar-refractivity contribution in [3.8, 4) is 5.75 Å². The highest BCUT2D eigenvalue weighted by molar-refractivity contribution is 9.10. The Labute approximate surface area is 129 Å². The van der Waals surface area contributed by atoms with Crippen molar-refractivity contribution < 1.29 is 9.53 Å². The first-order valence-electron chi connectivity index (χ1n) is 6.86. The zero-order chi connectivity index (χ0) is 15.0. The monoisotopic (exact) mass is 342 g/mol. The Morgan fingerprint density at radius 3 is 2.80 bits per heavy atom. The molecule has 20 heavy (non-hydrogen) atoms. The lowest BCUT2D eigenvalue weighted by Gasteiger charge is -2.14. The summed E-state index contributed by atoms with van der Waals surface area (Å²) < 4.78 is 6.67. The van der Waals surface area contributed by atoms with Crippen molar-refractivity contribution in [3.05, 3.63) is 28.2 Å². The fraction of sp³-hybridized carbons (Fsp3) is 0.533. The lowest BCUT2D eigenvalue weighted by molar-refractivity contribution is -0.121. The summed E-state index contributed by atoms with van der Waals surface area (Å²) in [5.41, 5.74) is 1.09. The number of hydrogen-bond acceptors (Lipinski definition) is 3. The van der Waals surface area contributed by atoms with Crippen LogP contribution in [-0.2, 0) is 11.3 Å². The average molecular weight is 343 g/mol. The van der Waals surface area contributed by atoms with E-state index in [-0.39, 0.29) is 5.91 Å². The Morgan fingerprint density at radius 2 is 2.15 bits per heavy atom. The summed E-state index contributed by atoms with van der Waals surface area (Å²) >= 11 is 3.50. The average Bonchev–Trinajstić information content (AvgIpc) is 2.41. The molecule has 0 aliphatic rings. The van der Waals surface area contributed by atoms with E-state index < -0.39 is 0 Å². The van der Waals surface area contributed by atoms with Crippen molar-refractivity contribution in [1.29, 1.82) is 0 Å². The summed E-state index contributed by atoms with van der Waals surface area (Å²) in [7, 11) is 1.63. The van der Waals surface area contributed by atoms with Crippen molar-refractivity contribution in [2.45, 2.75) is 26.8 Å². The van der Waals surface area contributed by atoms with Crippen LogP contribution in [0.5, 0.6) is 5.75 Å². The number of hydrogen-bond donors (Lipinski definition) is 2. The predicted molar refractivity (Wildman–Crippen MR) is 84.9 cm³/mol. The quantitative estimate of drug-likeness (QED) is 0.763. The van der Waals surface area contributed by atoms with Gasteiger partial charge in [-0.05, 0) is 34.5 Å². The third kappa shape index (κ3) is 5.92. The molecule has 0 saturated heterocycles. The topological polar surface area (TPSA) is 50.4 Å². The van der Waals surface area contributed by atoms with Crippen LogP contribution < -0.4 is 15.4 Å². The summed E-state index contributed by atoms with van der Waals surface area (Å²) in [4.78, 5) is 11.2. The third-order valence-electron chi connectivity index (χ3n) is 2.77. The molecule has 5 heteroatoms. The number of para-hydroxylation sites is 1. The van der Waals surface area contributed by atoms with Crippen molar-refractivity contribution >= 4 is 21.8 Å². The Hall–Kier alpha value is -1.07. The van der Waals surface area contributed by atoms with Gasteiger partial charge in [0.2, 0.25) is 5.91 Å². The predicted octanol–water partition coefficient (Wildman–Crippen LogP) is 2.71. The molecule has 0 spiro atoms. The molecule has 0 unspecified atom stereocenters. The largest absolute Gasteiger partial charge is 0.492 e. The first-order chi connectivity index (χ1) is 9.54. The van der Waals surface area contributed by atoms with Gasteiger partial charge in [0.1, 0.15) is 5.75 Å². The van der Waals surface area contributed by atoms with Crippen LogP contribution in [0, 0.1) is 5.92 Å². The van der Waals surface area contributed by atoms with Crippen molar-refractivity contribution in [2.75, 3.05) is 20.2 Å². The van der Waals surface area contributed by atoms with Crippen LogP contribution in [0.3, 0.4) is 0 Å². The lowest BCUT2D eigenvalue weighted by Crippen LogP contribution is -2.21. The standard InChI is InChI=1S/C15H23BrN2O2/c1-11(2)9-18-10-12-5-4-6-13(16)15(12)20-8-7-14(19)17-3/h4-6,11,18H,7-10H2,1-3H3,(H,17,19). The molecular formula is C15H23BrN2O2. The number of carbonyl (C=O) groups is 1. The fourth-order valence-corrected chi connectivity index (χ4v) is 2.24. The molecule has 0 bridgehead atoms. The maximum atomic E-state index is 11.2. The second-order valence-electron chi connectivity index (χ2n) is 5.02. The highest BCUT2D eigenvalue weighted by Gasteiger charge is 2.09. The number of halogens is 1. The minimum absolute atomic E-state index is 0.0171. The molecule has 0 atom stereocenters. The number of amides is 1. The molecule has 0 saturated carbocycles. The summed E-state index contributed by atoms with van der Waals surface area (Å²) in [5, 5.41) is 5.98. The Balaban J connectivity index is 2.60. The molecule has 0 aliphatic carbocycles. The van der Waals surface area contributed by atoms with Crippen LogP contribution in [0.2, 0.25) is 0 Å². The van der Waals surface area contributed by atoms with Gasteiger partial charge < -0.3 is 15.4 Å². The molecule has 1 amide bonds. The van der Waals surface area contributed by atoms with E-state index in [2.05, 4.69) is 40.4 Å². The van der Waals surface area contributed by atoms with Gasteiger partial charge in [-0.1, -0.05) is 26.0 Å². The van der Waals surface area contributed by atoms with E-state index in [1.165, 1.54) is 0 Å². The van der Waals surface area contributed by atoms with Gasteiger partial charge in [0.25, 0.3) is 0 Å². The first kappa shape index (κ1) is 17.0. The molecule has 2 N–H and O–H groups in total. The summed E-state index contributed by atoms with van der Waals surface area (Å²) in [6.07, 6.45) is 0.358. The number of nitrogens with one attached hydrogen (secondary N) is 2.